The third-order valence-corrected chi connectivity index (χ3v) is 6.83. The Kier molecular flexibility index (Phi) is 8.11. The van der Waals surface area contributed by atoms with Crippen LogP contribution in [0, 0.1) is 0 Å². The quantitative estimate of drug-likeness (QED) is 0.469. The Bertz CT molecular complexity index is 778. The van der Waals surface area contributed by atoms with Crippen LogP contribution in [-0.4, -0.2) is 33.2 Å². The lowest BCUT2D eigenvalue weighted by Gasteiger charge is -2.33. The van der Waals surface area contributed by atoms with E-state index in [-0.39, 0.29) is 11.9 Å². The van der Waals surface area contributed by atoms with Crippen LogP contribution in [0.2, 0.25) is 0 Å². The zero-order chi connectivity index (χ0) is 20.7. The van der Waals surface area contributed by atoms with Crippen molar-refractivity contribution in [3.63, 3.8) is 0 Å². The van der Waals surface area contributed by atoms with Crippen LogP contribution in [0.15, 0.2) is 36.4 Å². The largest absolute Gasteiger partial charge is 0.497 e. The van der Waals surface area contributed by atoms with Gasteiger partial charge in [0, 0.05) is 23.9 Å². The van der Waals surface area contributed by atoms with Crippen LogP contribution in [0.5, 0.6) is 17.2 Å². The van der Waals surface area contributed by atoms with E-state index in [1.165, 1.54) is 0 Å². The third kappa shape index (κ3) is 4.96. The number of benzene rings is 2. The zero-order valence-corrected chi connectivity index (χ0v) is 18.5. The Balaban J connectivity index is 2.60. The lowest BCUT2D eigenvalue weighted by Crippen LogP contribution is -2.22. The highest BCUT2D eigenvalue weighted by molar-refractivity contribution is 7.48. The number of ether oxygens (including phenoxy) is 4. The maximum atomic E-state index is 10.2. The van der Waals surface area contributed by atoms with Gasteiger partial charge in [0.05, 0.1) is 20.3 Å². The highest BCUT2D eigenvalue weighted by Gasteiger charge is 2.32. The molecule has 0 bridgehead atoms. The molecule has 0 aliphatic carbocycles. The molecule has 0 aliphatic heterocycles. The van der Waals surface area contributed by atoms with Gasteiger partial charge in [0.1, 0.15) is 5.75 Å². The van der Waals surface area contributed by atoms with Crippen LogP contribution in [0.25, 0.3) is 0 Å². The summed E-state index contributed by atoms with van der Waals surface area (Å²) in [7, 11) is 5.27. The van der Waals surface area contributed by atoms with E-state index in [0.717, 1.165) is 22.9 Å². The Morgan fingerprint density at radius 2 is 1.82 bits per heavy atom. The molecular formula is C22H31O5P. The summed E-state index contributed by atoms with van der Waals surface area (Å²) >= 11 is 0. The van der Waals surface area contributed by atoms with Crippen molar-refractivity contribution in [1.29, 1.82) is 0 Å². The summed E-state index contributed by atoms with van der Waals surface area (Å²) < 4.78 is 22.1. The molecule has 3 atom stereocenters. The molecule has 6 heteroatoms. The molecule has 0 heterocycles. The van der Waals surface area contributed by atoms with Crippen LogP contribution in [0.1, 0.15) is 44.4 Å². The Labute approximate surface area is 169 Å². The normalized spacial score (nSPS) is 14.7. The van der Waals surface area contributed by atoms with Crippen LogP contribution in [-0.2, 0) is 9.89 Å². The monoisotopic (exact) mass is 406 g/mol. The zero-order valence-electron chi connectivity index (χ0n) is 17.5. The summed E-state index contributed by atoms with van der Waals surface area (Å²) in [4.78, 5) is 0. The van der Waals surface area contributed by atoms with Gasteiger partial charge in [-0.25, -0.2) is 0 Å². The molecular weight excluding hydrogens is 375 g/mol. The minimum absolute atomic E-state index is 0.128. The minimum Gasteiger partial charge on any atom is -0.497 e. The summed E-state index contributed by atoms with van der Waals surface area (Å²) in [6.45, 7) is 6.29. The topological polar surface area (TPSA) is 57.2 Å². The lowest BCUT2D eigenvalue weighted by atomic mass is 9.95. The smallest absolute Gasteiger partial charge is 0.188 e. The first kappa shape index (κ1) is 22.5. The van der Waals surface area contributed by atoms with Gasteiger partial charge in [0.25, 0.3) is 0 Å². The maximum absolute atomic E-state index is 10.2. The molecule has 0 aliphatic rings. The van der Waals surface area contributed by atoms with Crippen molar-refractivity contribution in [1.82, 2.24) is 0 Å². The molecule has 154 valence electrons. The molecule has 0 radical (unpaired) electrons. The van der Waals surface area contributed by atoms with E-state index in [0.29, 0.717) is 25.8 Å². The number of hydrogen-bond acceptors (Lipinski definition) is 5. The Hall–Kier alpha value is -1.81. The summed E-state index contributed by atoms with van der Waals surface area (Å²) in [5, 5.41) is 11.1. The molecule has 0 saturated carbocycles. The predicted octanol–water partition coefficient (Wildman–Crippen LogP) is 4.37. The van der Waals surface area contributed by atoms with E-state index >= 15 is 0 Å². The highest BCUT2D eigenvalue weighted by atomic mass is 31.1. The van der Waals surface area contributed by atoms with Gasteiger partial charge in [-0.05, 0) is 30.3 Å². The summed E-state index contributed by atoms with van der Waals surface area (Å²) in [5.41, 5.74) is 1.96. The summed E-state index contributed by atoms with van der Waals surface area (Å²) in [6.07, 6.45) is 0.355. The molecule has 0 aromatic heterocycles. The molecule has 0 saturated heterocycles. The molecule has 5 nitrogen and oxygen atoms in total. The summed E-state index contributed by atoms with van der Waals surface area (Å²) in [6, 6.07) is 11.9. The van der Waals surface area contributed by atoms with Crippen molar-refractivity contribution in [2.45, 2.75) is 38.5 Å². The summed E-state index contributed by atoms with van der Waals surface area (Å²) in [5.74, 6) is 1.99. The van der Waals surface area contributed by atoms with E-state index in [9.17, 15) is 5.11 Å². The fourth-order valence-electron chi connectivity index (χ4n) is 3.14. The van der Waals surface area contributed by atoms with E-state index in [2.05, 4.69) is 19.9 Å². The molecule has 0 amide bonds. The van der Waals surface area contributed by atoms with Crippen molar-refractivity contribution < 1.29 is 24.1 Å². The van der Waals surface area contributed by atoms with Crippen LogP contribution in [0.4, 0.5) is 0 Å². The molecule has 1 N–H and O–H groups in total. The number of methoxy groups -OCH3 is 3. The number of aliphatic hydroxyl groups excluding tert-OH is 1. The van der Waals surface area contributed by atoms with Gasteiger partial charge in [-0.2, -0.15) is 0 Å². The second-order valence-corrected chi connectivity index (χ2v) is 8.72. The molecule has 2 rings (SSSR count). The van der Waals surface area contributed by atoms with Gasteiger partial charge in [-0.3, -0.25) is 0 Å². The molecule has 0 spiro atoms. The average Bonchev–Trinajstić information content (AvgIpc) is 2.71. The first-order chi connectivity index (χ1) is 13.4. The second kappa shape index (κ2) is 10.1. The Morgan fingerprint density at radius 1 is 1.11 bits per heavy atom. The highest BCUT2D eigenvalue weighted by Crippen LogP contribution is 2.51. The molecule has 28 heavy (non-hydrogen) atoms. The van der Waals surface area contributed by atoms with Gasteiger partial charge in [-0.15, -0.1) is 0 Å². The van der Waals surface area contributed by atoms with Crippen molar-refractivity contribution in [3.8, 4) is 17.2 Å². The van der Waals surface area contributed by atoms with Crippen molar-refractivity contribution in [2.75, 3.05) is 28.1 Å². The van der Waals surface area contributed by atoms with Crippen molar-refractivity contribution >= 4 is 13.9 Å². The van der Waals surface area contributed by atoms with E-state index in [4.69, 9.17) is 18.9 Å². The van der Waals surface area contributed by atoms with Gasteiger partial charge >= 0.3 is 0 Å². The fourth-order valence-corrected chi connectivity index (χ4v) is 4.85. The molecule has 0 fully saturated rings. The number of hydrogen-bond donors (Lipinski definition) is 1. The molecule has 2 aromatic carbocycles. The van der Waals surface area contributed by atoms with E-state index < -0.39 is 6.10 Å². The first-order valence-corrected chi connectivity index (χ1v) is 10.3. The van der Waals surface area contributed by atoms with E-state index in [1.54, 1.807) is 28.3 Å². The molecule has 2 aromatic rings. The second-order valence-electron chi connectivity index (χ2n) is 6.83. The van der Waals surface area contributed by atoms with Crippen LogP contribution in [0.3, 0.4) is 0 Å². The lowest BCUT2D eigenvalue weighted by molar-refractivity contribution is 0.0479. The molecule has 2 unspecified atom stereocenters. The number of aliphatic hydroxyl groups is 1. The SMILES string of the molecule is CCC(C)(Pc1ccccc1[C@@H](C)O)c1cc(OC)cc(OC)c1OCOC. The minimum atomic E-state index is -0.520. The Morgan fingerprint density at radius 3 is 2.39 bits per heavy atom. The average molecular weight is 406 g/mol. The van der Waals surface area contributed by atoms with Gasteiger partial charge in [-0.1, -0.05) is 46.7 Å². The van der Waals surface area contributed by atoms with Gasteiger partial charge in [0.15, 0.2) is 18.3 Å². The van der Waals surface area contributed by atoms with Crippen molar-refractivity contribution in [3.05, 3.63) is 47.5 Å². The first-order valence-electron chi connectivity index (χ1n) is 9.33. The fraction of sp³-hybridized carbons (Fsp3) is 0.455. The van der Waals surface area contributed by atoms with Gasteiger partial charge in [0.2, 0.25) is 0 Å². The van der Waals surface area contributed by atoms with Gasteiger partial charge < -0.3 is 24.1 Å². The third-order valence-electron chi connectivity index (χ3n) is 4.93. The van der Waals surface area contributed by atoms with Crippen LogP contribution < -0.4 is 19.5 Å². The maximum Gasteiger partial charge on any atom is 0.188 e. The van der Waals surface area contributed by atoms with E-state index in [1.807, 2.05) is 30.3 Å². The number of rotatable bonds is 10. The standard InChI is InChI=1S/C22H31O5P/c1-7-22(3,28-20-11-9-8-10-17(20)15(2)23)18-12-16(25-5)13-19(26-6)21(18)27-14-24-4/h8-13,15,23,28H,7,14H2,1-6H3/t15-,22?/m1/s1. The predicted molar refractivity (Wildman–Crippen MR) is 115 cm³/mol. The van der Waals surface area contributed by atoms with Crippen LogP contribution >= 0.6 is 8.58 Å². The van der Waals surface area contributed by atoms with Crippen molar-refractivity contribution in [2.24, 2.45) is 0 Å².